The molecule has 1 N–H and O–H groups in total. The molecule has 0 spiro atoms. The van der Waals surface area contributed by atoms with Crippen LogP contribution in [-0.2, 0) is 32.6 Å². The first-order valence-corrected chi connectivity index (χ1v) is 16.1. The zero-order valence-corrected chi connectivity index (χ0v) is 25.9. The van der Waals surface area contributed by atoms with Crippen LogP contribution in [-0.4, -0.2) is 50.5 Å². The van der Waals surface area contributed by atoms with Gasteiger partial charge < -0.3 is 10.2 Å². The number of halogens is 2. The summed E-state index contributed by atoms with van der Waals surface area (Å²) in [6.45, 7) is 4.81. The van der Waals surface area contributed by atoms with E-state index in [1.165, 1.54) is 4.31 Å². The molecule has 3 aromatic rings. The van der Waals surface area contributed by atoms with Crippen LogP contribution in [0.3, 0.4) is 0 Å². The molecular weight excluding hydrogens is 581 g/mol. The van der Waals surface area contributed by atoms with Gasteiger partial charge in [0.2, 0.25) is 21.8 Å². The monoisotopic (exact) mass is 617 g/mol. The van der Waals surface area contributed by atoms with Crippen molar-refractivity contribution >= 4 is 50.7 Å². The number of nitrogens with one attached hydrogen (secondary N) is 1. The Morgan fingerprint density at radius 3 is 2.00 bits per heavy atom. The third kappa shape index (κ3) is 10.4. The molecule has 3 aromatic carbocycles. The highest BCUT2D eigenvalue weighted by atomic mass is 35.5. The van der Waals surface area contributed by atoms with E-state index in [1.54, 1.807) is 41.3 Å². The number of hydrogen-bond donors (Lipinski definition) is 1. The Hall–Kier alpha value is -3.07. The van der Waals surface area contributed by atoms with Gasteiger partial charge in [-0.05, 0) is 59.9 Å². The number of sulfonamides is 1. The van der Waals surface area contributed by atoms with Crippen LogP contribution in [0.5, 0.6) is 0 Å². The molecule has 220 valence electrons. The molecule has 41 heavy (non-hydrogen) atoms. The minimum atomic E-state index is -3.60. The Bertz CT molecular complexity index is 1380. The van der Waals surface area contributed by atoms with Crippen LogP contribution in [0.15, 0.2) is 78.9 Å². The molecule has 0 saturated heterocycles. The number of anilines is 1. The Kier molecular flexibility index (Phi) is 12.1. The summed E-state index contributed by atoms with van der Waals surface area (Å²) in [5, 5.41) is 4.07. The van der Waals surface area contributed by atoms with Gasteiger partial charge in [0.15, 0.2) is 0 Å². The Morgan fingerprint density at radius 1 is 0.854 bits per heavy atom. The zero-order valence-electron chi connectivity index (χ0n) is 23.6. The fourth-order valence-corrected chi connectivity index (χ4v) is 5.59. The minimum absolute atomic E-state index is 0.0515. The van der Waals surface area contributed by atoms with E-state index in [2.05, 4.69) is 5.32 Å². The molecular formula is C31H37Cl2N3O4S. The Labute approximate surface area is 253 Å². The predicted octanol–water partition coefficient (Wildman–Crippen LogP) is 5.95. The van der Waals surface area contributed by atoms with Gasteiger partial charge in [0.25, 0.3) is 0 Å². The van der Waals surface area contributed by atoms with Crippen molar-refractivity contribution in [1.29, 1.82) is 0 Å². The van der Waals surface area contributed by atoms with Gasteiger partial charge in [-0.1, -0.05) is 79.5 Å². The first-order chi connectivity index (χ1) is 19.4. The highest BCUT2D eigenvalue weighted by Gasteiger charge is 2.30. The van der Waals surface area contributed by atoms with Crippen LogP contribution >= 0.6 is 23.2 Å². The largest absolute Gasteiger partial charge is 0.354 e. The summed E-state index contributed by atoms with van der Waals surface area (Å²) in [7, 11) is -3.60. The molecule has 10 heteroatoms. The quantitative estimate of drug-likeness (QED) is 0.242. The second kappa shape index (κ2) is 15.2. The van der Waals surface area contributed by atoms with Gasteiger partial charge in [-0.3, -0.25) is 13.9 Å². The normalized spacial score (nSPS) is 12.1. The summed E-state index contributed by atoms with van der Waals surface area (Å²) < 4.78 is 26.4. The van der Waals surface area contributed by atoms with E-state index in [0.29, 0.717) is 28.7 Å². The van der Waals surface area contributed by atoms with Crippen molar-refractivity contribution in [2.24, 2.45) is 5.92 Å². The lowest BCUT2D eigenvalue weighted by Crippen LogP contribution is -2.51. The van der Waals surface area contributed by atoms with Crippen LogP contribution in [0.25, 0.3) is 0 Å². The van der Waals surface area contributed by atoms with E-state index >= 15 is 0 Å². The summed E-state index contributed by atoms with van der Waals surface area (Å²) in [6, 6.07) is 22.5. The van der Waals surface area contributed by atoms with Gasteiger partial charge in [0.05, 0.1) is 11.9 Å². The topological polar surface area (TPSA) is 86.8 Å². The number of amides is 2. The van der Waals surface area contributed by atoms with E-state index < -0.39 is 16.1 Å². The van der Waals surface area contributed by atoms with E-state index in [4.69, 9.17) is 23.2 Å². The van der Waals surface area contributed by atoms with Gasteiger partial charge in [0, 0.05) is 42.5 Å². The molecule has 0 aromatic heterocycles. The molecule has 0 bridgehead atoms. The van der Waals surface area contributed by atoms with Crippen molar-refractivity contribution in [3.63, 3.8) is 0 Å². The fraction of sp³-hybridized carbons (Fsp3) is 0.355. The average Bonchev–Trinajstić information content (AvgIpc) is 2.93. The Balaban J connectivity index is 1.87. The maximum atomic E-state index is 13.8. The van der Waals surface area contributed by atoms with Crippen LogP contribution in [0, 0.1) is 5.92 Å². The molecule has 0 fully saturated rings. The third-order valence-electron chi connectivity index (χ3n) is 6.49. The molecule has 0 aliphatic heterocycles. The highest BCUT2D eigenvalue weighted by Crippen LogP contribution is 2.22. The van der Waals surface area contributed by atoms with Gasteiger partial charge in [-0.15, -0.1) is 0 Å². The van der Waals surface area contributed by atoms with E-state index in [9.17, 15) is 18.0 Å². The molecule has 2 amide bonds. The first-order valence-electron chi connectivity index (χ1n) is 13.5. The first kappa shape index (κ1) is 32.4. The van der Waals surface area contributed by atoms with Crippen molar-refractivity contribution in [3.05, 3.63) is 100 Å². The predicted molar refractivity (Wildman–Crippen MR) is 167 cm³/mol. The molecule has 7 nitrogen and oxygen atoms in total. The maximum absolute atomic E-state index is 13.8. The van der Waals surface area contributed by atoms with E-state index in [0.717, 1.165) is 17.4 Å². The number of carbonyl (C=O) groups is 2. The molecule has 0 aliphatic rings. The second-order valence-electron chi connectivity index (χ2n) is 10.4. The van der Waals surface area contributed by atoms with Crippen molar-refractivity contribution < 1.29 is 18.0 Å². The third-order valence-corrected chi connectivity index (χ3v) is 8.19. The summed E-state index contributed by atoms with van der Waals surface area (Å²) in [5.41, 5.74) is 2.23. The van der Waals surface area contributed by atoms with Gasteiger partial charge in [0.1, 0.15) is 6.04 Å². The summed E-state index contributed by atoms with van der Waals surface area (Å²) >= 11 is 12.1. The van der Waals surface area contributed by atoms with E-state index in [-0.39, 0.29) is 43.7 Å². The van der Waals surface area contributed by atoms with Gasteiger partial charge in [-0.25, -0.2) is 8.42 Å². The number of nitrogens with zero attached hydrogens (tertiary/aromatic N) is 2. The molecule has 0 unspecified atom stereocenters. The number of rotatable bonds is 14. The summed E-state index contributed by atoms with van der Waals surface area (Å²) in [5.74, 6) is -0.236. The minimum Gasteiger partial charge on any atom is -0.354 e. The number of hydrogen-bond acceptors (Lipinski definition) is 4. The highest BCUT2D eigenvalue weighted by molar-refractivity contribution is 7.92. The van der Waals surface area contributed by atoms with Crippen LogP contribution < -0.4 is 9.62 Å². The van der Waals surface area contributed by atoms with Crippen molar-refractivity contribution in [2.75, 3.05) is 23.7 Å². The van der Waals surface area contributed by atoms with Crippen LogP contribution in [0.4, 0.5) is 5.69 Å². The zero-order chi connectivity index (χ0) is 30.0. The lowest BCUT2D eigenvalue weighted by molar-refractivity contribution is -0.141. The smallest absolute Gasteiger partial charge is 0.243 e. The lowest BCUT2D eigenvalue weighted by atomic mass is 10.0. The fourth-order valence-electron chi connectivity index (χ4n) is 4.37. The summed E-state index contributed by atoms with van der Waals surface area (Å²) in [6.07, 6.45) is 1.78. The van der Waals surface area contributed by atoms with Gasteiger partial charge >= 0.3 is 0 Å². The Morgan fingerprint density at radius 2 is 1.44 bits per heavy atom. The second-order valence-corrected chi connectivity index (χ2v) is 13.2. The lowest BCUT2D eigenvalue weighted by Gasteiger charge is -2.32. The number of carbonyl (C=O) groups excluding carboxylic acids is 2. The standard InChI is InChI=1S/C31H37Cl2N3O4S/c1-23(2)21-34-31(38)29(20-24-8-5-4-6-9-24)35(22-25-11-13-26(32)14-12-25)30(37)10-7-19-36(41(3,39)40)28-17-15-27(33)16-18-28/h4-6,8-9,11-18,23,29H,7,10,19-22H2,1-3H3,(H,34,38)/t29-/m1/s1. The molecule has 0 saturated carbocycles. The van der Waals surface area contributed by atoms with Crippen molar-refractivity contribution in [2.45, 2.75) is 45.7 Å². The molecule has 3 rings (SSSR count). The number of benzene rings is 3. The molecule has 1 atom stereocenters. The molecule has 0 radical (unpaired) electrons. The van der Waals surface area contributed by atoms with Crippen molar-refractivity contribution in [3.8, 4) is 0 Å². The average molecular weight is 619 g/mol. The van der Waals surface area contributed by atoms with Gasteiger partial charge in [-0.2, -0.15) is 0 Å². The van der Waals surface area contributed by atoms with E-state index in [1.807, 2.05) is 56.3 Å². The SMILES string of the molecule is CC(C)CNC(=O)[C@@H](Cc1ccccc1)N(Cc1ccc(Cl)cc1)C(=O)CCCN(c1ccc(Cl)cc1)S(C)(=O)=O. The maximum Gasteiger partial charge on any atom is 0.243 e. The van der Waals surface area contributed by atoms with Crippen LogP contribution in [0.2, 0.25) is 10.0 Å². The molecule has 0 aliphatic carbocycles. The molecule has 0 heterocycles. The van der Waals surface area contributed by atoms with Crippen LogP contribution in [0.1, 0.15) is 37.8 Å². The van der Waals surface area contributed by atoms with Crippen molar-refractivity contribution in [1.82, 2.24) is 10.2 Å². The summed E-state index contributed by atoms with van der Waals surface area (Å²) in [4.78, 5) is 29.0.